The first-order valence-corrected chi connectivity index (χ1v) is 11.2. The molecule has 0 saturated carbocycles. The molecule has 1 aliphatic carbocycles. The maximum atomic E-state index is 13.0. The molecule has 1 heterocycles. The molecule has 5 rings (SSSR count). The zero-order valence-electron chi connectivity index (χ0n) is 18.1. The van der Waals surface area contributed by atoms with Crippen molar-refractivity contribution < 1.29 is 24.2 Å². The van der Waals surface area contributed by atoms with Crippen molar-refractivity contribution in [2.45, 2.75) is 24.8 Å². The fourth-order valence-electron chi connectivity index (χ4n) is 4.88. The van der Waals surface area contributed by atoms with Gasteiger partial charge >= 0.3 is 12.1 Å². The Kier molecular flexibility index (Phi) is 5.73. The van der Waals surface area contributed by atoms with E-state index in [0.29, 0.717) is 12.3 Å². The Hall–Kier alpha value is -3.80. The summed E-state index contributed by atoms with van der Waals surface area (Å²) in [5, 5.41) is 9.35. The van der Waals surface area contributed by atoms with Gasteiger partial charge in [-0.25, -0.2) is 9.59 Å². The Morgan fingerprint density at radius 3 is 2.21 bits per heavy atom. The predicted octanol–water partition coefficient (Wildman–Crippen LogP) is 5.18. The lowest BCUT2D eigenvalue weighted by Crippen LogP contribution is -2.40. The van der Waals surface area contributed by atoms with Crippen LogP contribution < -0.4 is 4.74 Å². The Morgan fingerprint density at radius 2 is 1.52 bits per heavy atom. The topological polar surface area (TPSA) is 76.1 Å². The standard InChI is InChI=1S/C27H25NO5/c29-26(30)23-13-5-6-14-25(23)32-16-18-8-7-15-28(18)27(31)33-17-24-21-11-3-1-9-19(21)20-10-2-4-12-22(20)24/h1-6,9-14,18,24H,7-8,15-17H2,(H,29,30)/t18-/m0/s1. The molecular weight excluding hydrogens is 418 g/mol. The number of hydrogen-bond acceptors (Lipinski definition) is 4. The van der Waals surface area contributed by atoms with Crippen molar-refractivity contribution in [1.82, 2.24) is 4.90 Å². The van der Waals surface area contributed by atoms with Crippen molar-refractivity contribution in [2.24, 2.45) is 0 Å². The fourth-order valence-corrected chi connectivity index (χ4v) is 4.88. The number of carboxylic acid groups (broad SMARTS) is 1. The van der Waals surface area contributed by atoms with Gasteiger partial charge in [0.05, 0.1) is 6.04 Å². The number of fused-ring (bicyclic) bond motifs is 3. The van der Waals surface area contributed by atoms with Gasteiger partial charge in [-0.2, -0.15) is 0 Å². The van der Waals surface area contributed by atoms with E-state index < -0.39 is 5.97 Å². The molecule has 1 fully saturated rings. The normalized spacial score (nSPS) is 16.8. The van der Waals surface area contributed by atoms with E-state index in [1.165, 1.54) is 28.3 Å². The zero-order valence-corrected chi connectivity index (χ0v) is 18.1. The highest BCUT2D eigenvalue weighted by atomic mass is 16.6. The lowest BCUT2D eigenvalue weighted by molar-refractivity contribution is 0.0684. The number of nitrogens with zero attached hydrogens (tertiary/aromatic N) is 1. The van der Waals surface area contributed by atoms with Gasteiger partial charge < -0.3 is 19.5 Å². The minimum absolute atomic E-state index is 0.0149. The third kappa shape index (κ3) is 4.04. The second kappa shape index (κ2) is 8.98. The molecule has 0 bridgehead atoms. The quantitative estimate of drug-likeness (QED) is 0.568. The molecule has 6 heteroatoms. The molecule has 1 saturated heterocycles. The van der Waals surface area contributed by atoms with Gasteiger partial charge in [0.1, 0.15) is 24.5 Å². The van der Waals surface area contributed by atoms with E-state index in [1.54, 1.807) is 23.1 Å². The molecule has 3 aromatic rings. The van der Waals surface area contributed by atoms with Gasteiger partial charge in [0.15, 0.2) is 0 Å². The summed E-state index contributed by atoms with van der Waals surface area (Å²) in [6.07, 6.45) is 1.30. The van der Waals surface area contributed by atoms with Crippen LogP contribution in [0.15, 0.2) is 72.8 Å². The predicted molar refractivity (Wildman–Crippen MR) is 124 cm³/mol. The average Bonchev–Trinajstić information content (AvgIpc) is 3.44. The molecule has 1 aliphatic heterocycles. The molecular formula is C27H25NO5. The van der Waals surface area contributed by atoms with Crippen molar-refractivity contribution >= 4 is 12.1 Å². The molecule has 0 aromatic heterocycles. The summed E-state index contributed by atoms with van der Waals surface area (Å²) in [5.41, 5.74) is 4.86. The minimum Gasteiger partial charge on any atom is -0.491 e. The molecule has 168 valence electrons. The lowest BCUT2D eigenvalue weighted by Gasteiger charge is -2.25. The van der Waals surface area contributed by atoms with E-state index in [0.717, 1.165) is 12.8 Å². The van der Waals surface area contributed by atoms with Crippen molar-refractivity contribution in [2.75, 3.05) is 19.8 Å². The van der Waals surface area contributed by atoms with Crippen LogP contribution in [0.1, 0.15) is 40.2 Å². The molecule has 3 aromatic carbocycles. The lowest BCUT2D eigenvalue weighted by atomic mass is 9.98. The number of amides is 1. The van der Waals surface area contributed by atoms with Gasteiger partial charge in [0.25, 0.3) is 0 Å². The average molecular weight is 443 g/mol. The van der Waals surface area contributed by atoms with Crippen LogP contribution in [0, 0.1) is 0 Å². The number of carboxylic acids is 1. The highest BCUT2D eigenvalue weighted by molar-refractivity contribution is 5.90. The third-order valence-corrected chi connectivity index (χ3v) is 6.50. The van der Waals surface area contributed by atoms with Crippen LogP contribution in [0.5, 0.6) is 5.75 Å². The minimum atomic E-state index is -1.04. The summed E-state index contributed by atoms with van der Waals surface area (Å²) >= 11 is 0. The van der Waals surface area contributed by atoms with E-state index in [1.807, 2.05) is 24.3 Å². The van der Waals surface area contributed by atoms with E-state index in [-0.39, 0.29) is 36.8 Å². The molecule has 0 radical (unpaired) electrons. The summed E-state index contributed by atoms with van der Waals surface area (Å²) < 4.78 is 11.6. The SMILES string of the molecule is O=C(O)c1ccccc1OC[C@@H]1CCCN1C(=O)OCC1c2ccccc2-c2ccccc21. The zero-order chi connectivity index (χ0) is 22.8. The van der Waals surface area contributed by atoms with Crippen LogP contribution in [0.25, 0.3) is 11.1 Å². The molecule has 0 unspecified atom stereocenters. The van der Waals surface area contributed by atoms with Crippen LogP contribution in [-0.4, -0.2) is 47.9 Å². The summed E-state index contributed by atoms with van der Waals surface area (Å²) in [6, 6.07) is 22.9. The van der Waals surface area contributed by atoms with Crippen molar-refractivity contribution in [1.29, 1.82) is 0 Å². The second-order valence-corrected chi connectivity index (χ2v) is 8.41. The van der Waals surface area contributed by atoms with Gasteiger partial charge in [0.2, 0.25) is 0 Å². The Bertz CT molecular complexity index is 1140. The van der Waals surface area contributed by atoms with Crippen molar-refractivity contribution in [3.05, 3.63) is 89.5 Å². The number of hydrogen-bond donors (Lipinski definition) is 1. The van der Waals surface area contributed by atoms with Gasteiger partial charge in [-0.1, -0.05) is 60.7 Å². The van der Waals surface area contributed by atoms with Crippen molar-refractivity contribution in [3.63, 3.8) is 0 Å². The van der Waals surface area contributed by atoms with Gasteiger partial charge in [-0.15, -0.1) is 0 Å². The number of carbonyl (C=O) groups is 2. The highest BCUT2D eigenvalue weighted by Crippen LogP contribution is 2.44. The number of benzene rings is 3. The monoisotopic (exact) mass is 443 g/mol. The van der Waals surface area contributed by atoms with Crippen LogP contribution >= 0.6 is 0 Å². The molecule has 33 heavy (non-hydrogen) atoms. The van der Waals surface area contributed by atoms with Crippen molar-refractivity contribution in [3.8, 4) is 16.9 Å². The summed E-state index contributed by atoms with van der Waals surface area (Å²) in [7, 11) is 0. The number of rotatable bonds is 6. The maximum Gasteiger partial charge on any atom is 0.410 e. The Balaban J connectivity index is 1.25. The van der Waals surface area contributed by atoms with E-state index in [4.69, 9.17) is 9.47 Å². The molecule has 1 atom stereocenters. The fraction of sp³-hybridized carbons (Fsp3) is 0.259. The second-order valence-electron chi connectivity index (χ2n) is 8.41. The molecule has 6 nitrogen and oxygen atoms in total. The smallest absolute Gasteiger partial charge is 0.410 e. The number of carbonyl (C=O) groups excluding carboxylic acids is 1. The van der Waals surface area contributed by atoms with Gasteiger partial charge in [-0.3, -0.25) is 0 Å². The largest absolute Gasteiger partial charge is 0.491 e. The number of aromatic carboxylic acids is 1. The highest BCUT2D eigenvalue weighted by Gasteiger charge is 2.33. The summed E-state index contributed by atoms with van der Waals surface area (Å²) in [4.78, 5) is 26.1. The maximum absolute atomic E-state index is 13.0. The van der Waals surface area contributed by atoms with Crippen LogP contribution in [0.3, 0.4) is 0 Å². The van der Waals surface area contributed by atoms with Crippen LogP contribution in [0.2, 0.25) is 0 Å². The van der Waals surface area contributed by atoms with E-state index in [9.17, 15) is 14.7 Å². The molecule has 1 amide bonds. The van der Waals surface area contributed by atoms with Gasteiger partial charge in [0, 0.05) is 12.5 Å². The molecule has 1 N–H and O–H groups in total. The Morgan fingerprint density at radius 1 is 0.879 bits per heavy atom. The third-order valence-electron chi connectivity index (χ3n) is 6.50. The molecule has 0 spiro atoms. The number of para-hydroxylation sites is 1. The first kappa shape index (κ1) is 21.1. The first-order valence-electron chi connectivity index (χ1n) is 11.2. The summed E-state index contributed by atoms with van der Waals surface area (Å²) in [5.74, 6) is -0.712. The first-order chi connectivity index (χ1) is 16.1. The molecule has 2 aliphatic rings. The van der Waals surface area contributed by atoms with Crippen LogP contribution in [0.4, 0.5) is 4.79 Å². The summed E-state index contributed by atoms with van der Waals surface area (Å²) in [6.45, 7) is 1.11. The number of ether oxygens (including phenoxy) is 2. The van der Waals surface area contributed by atoms with Crippen LogP contribution in [-0.2, 0) is 4.74 Å². The van der Waals surface area contributed by atoms with E-state index >= 15 is 0 Å². The number of likely N-dealkylation sites (tertiary alicyclic amines) is 1. The van der Waals surface area contributed by atoms with Gasteiger partial charge in [-0.05, 0) is 47.2 Å². The van der Waals surface area contributed by atoms with E-state index in [2.05, 4.69) is 24.3 Å². The Labute approximate surface area is 192 Å².